The minimum Gasteiger partial charge on any atom is -0.494 e. The first-order chi connectivity index (χ1) is 17.7. The van der Waals surface area contributed by atoms with Crippen molar-refractivity contribution in [2.45, 2.75) is 56.9 Å². The fourth-order valence-electron chi connectivity index (χ4n) is 4.20. The number of aromatic nitrogens is 2. The van der Waals surface area contributed by atoms with Gasteiger partial charge in [-0.1, -0.05) is 24.3 Å². The van der Waals surface area contributed by atoms with Gasteiger partial charge in [-0.25, -0.2) is 4.98 Å². The lowest BCUT2D eigenvalue weighted by Gasteiger charge is -2.22. The number of anilines is 1. The topological polar surface area (TPSA) is 164 Å². The highest BCUT2D eigenvalue weighted by molar-refractivity contribution is 5.83. The third kappa shape index (κ3) is 6.03. The van der Waals surface area contributed by atoms with E-state index >= 15 is 0 Å². The van der Waals surface area contributed by atoms with Gasteiger partial charge in [0.2, 0.25) is 11.9 Å². The second-order valence-electron chi connectivity index (χ2n) is 9.64. The molecule has 3 aromatic rings. The molecule has 2 heterocycles. The van der Waals surface area contributed by atoms with Crippen LogP contribution in [0.4, 0.5) is 5.95 Å². The van der Waals surface area contributed by atoms with E-state index in [1.807, 2.05) is 48.5 Å². The molecule has 11 nitrogen and oxygen atoms in total. The van der Waals surface area contributed by atoms with Crippen molar-refractivity contribution in [2.75, 3.05) is 25.1 Å². The van der Waals surface area contributed by atoms with Gasteiger partial charge in [-0.15, -0.1) is 0 Å². The van der Waals surface area contributed by atoms with Crippen molar-refractivity contribution in [3.8, 4) is 5.75 Å². The smallest absolute Gasteiger partial charge is 0.237 e. The molecule has 11 heteroatoms. The Morgan fingerprint density at radius 2 is 1.97 bits per heavy atom. The third-order valence-corrected chi connectivity index (χ3v) is 6.49. The van der Waals surface area contributed by atoms with Crippen molar-refractivity contribution >= 4 is 22.9 Å². The van der Waals surface area contributed by atoms with E-state index < -0.39 is 42.6 Å². The Morgan fingerprint density at radius 1 is 1.19 bits per heavy atom. The highest BCUT2D eigenvalue weighted by atomic mass is 16.6. The predicted molar refractivity (Wildman–Crippen MR) is 138 cm³/mol. The molecule has 200 valence electrons. The van der Waals surface area contributed by atoms with E-state index in [2.05, 4.69) is 15.6 Å². The number of fused-ring (bicyclic) bond motifs is 1. The number of nitrogens with two attached hydrogens (primary N) is 1. The largest absolute Gasteiger partial charge is 0.494 e. The van der Waals surface area contributed by atoms with Gasteiger partial charge >= 0.3 is 0 Å². The second-order valence-corrected chi connectivity index (χ2v) is 9.64. The van der Waals surface area contributed by atoms with Crippen LogP contribution >= 0.6 is 0 Å². The van der Waals surface area contributed by atoms with Crippen molar-refractivity contribution in [3.05, 3.63) is 54.1 Å². The van der Waals surface area contributed by atoms with Gasteiger partial charge in [-0.2, -0.15) is 0 Å². The van der Waals surface area contributed by atoms with Gasteiger partial charge in [0.1, 0.15) is 24.1 Å². The number of ether oxygens (including phenoxy) is 2. The standard InChI is InChI=1S/C26H35N5O6/c1-26(2,24(27)35)29-11-6-12-36-17-8-5-7-16(13-17)14-28-25-30-18-9-3-4-10-19(18)31(25)23-22(34)21(33)20(15-32)37-23/h3-5,7-10,13,20-23,29,32-34H,6,11-12,14-15H2,1-2H3,(H2,27,35)(H,28,30)/t20-,21-,22-,23-/m1/s1. The number of para-hydroxylation sites is 2. The lowest BCUT2D eigenvalue weighted by atomic mass is 10.1. The summed E-state index contributed by atoms with van der Waals surface area (Å²) in [5.74, 6) is 0.775. The van der Waals surface area contributed by atoms with Gasteiger partial charge < -0.3 is 41.2 Å². The zero-order valence-electron chi connectivity index (χ0n) is 21.0. The Balaban J connectivity index is 1.41. The summed E-state index contributed by atoms with van der Waals surface area (Å²) in [6.07, 6.45) is -3.54. The molecule has 7 N–H and O–H groups in total. The first-order valence-electron chi connectivity index (χ1n) is 12.3. The van der Waals surface area contributed by atoms with Gasteiger partial charge in [0.15, 0.2) is 6.23 Å². The van der Waals surface area contributed by atoms with E-state index in [0.717, 1.165) is 11.1 Å². The summed E-state index contributed by atoms with van der Waals surface area (Å²) >= 11 is 0. The van der Waals surface area contributed by atoms with Gasteiger partial charge in [0, 0.05) is 6.54 Å². The van der Waals surface area contributed by atoms with Gasteiger partial charge in [0.25, 0.3) is 0 Å². The molecule has 37 heavy (non-hydrogen) atoms. The molecule has 4 atom stereocenters. The van der Waals surface area contributed by atoms with Crippen LogP contribution in [0.1, 0.15) is 32.1 Å². The van der Waals surface area contributed by atoms with E-state index in [1.165, 1.54) is 0 Å². The minimum atomic E-state index is -1.23. The second kappa shape index (κ2) is 11.4. The van der Waals surface area contributed by atoms with Crippen LogP contribution in [0.15, 0.2) is 48.5 Å². The number of hydrogen-bond donors (Lipinski definition) is 6. The number of amides is 1. The van der Waals surface area contributed by atoms with E-state index in [1.54, 1.807) is 18.4 Å². The molecule has 1 aliphatic heterocycles. The molecule has 0 spiro atoms. The molecule has 0 bridgehead atoms. The maximum atomic E-state index is 11.4. The Kier molecular flexibility index (Phi) is 8.30. The van der Waals surface area contributed by atoms with Crippen LogP contribution < -0.4 is 21.1 Å². The molecule has 1 aromatic heterocycles. The normalized spacial score (nSPS) is 21.9. The SMILES string of the molecule is CC(C)(NCCCOc1cccc(CNc2nc3ccccc3n2[C@@H]2O[C@H](CO)[C@@H](O)[C@H]2O)c1)C(N)=O. The first kappa shape index (κ1) is 26.8. The number of aliphatic hydroxyl groups excluding tert-OH is 3. The summed E-state index contributed by atoms with van der Waals surface area (Å²) in [5.41, 5.74) is 6.98. The van der Waals surface area contributed by atoms with Crippen molar-refractivity contribution in [2.24, 2.45) is 5.73 Å². The first-order valence-corrected chi connectivity index (χ1v) is 12.3. The molecule has 0 aliphatic carbocycles. The number of carbonyl (C=O) groups excluding carboxylic acids is 1. The van der Waals surface area contributed by atoms with Crippen molar-refractivity contribution in [1.29, 1.82) is 0 Å². The summed E-state index contributed by atoms with van der Waals surface area (Å²) < 4.78 is 13.4. The maximum Gasteiger partial charge on any atom is 0.237 e. The molecule has 1 fully saturated rings. The number of hydrogen-bond acceptors (Lipinski definition) is 9. The van der Waals surface area contributed by atoms with Gasteiger partial charge in [-0.3, -0.25) is 9.36 Å². The van der Waals surface area contributed by atoms with Crippen LogP contribution in [0.2, 0.25) is 0 Å². The molecule has 0 radical (unpaired) electrons. The minimum absolute atomic E-state index is 0.402. The molecule has 1 amide bonds. The summed E-state index contributed by atoms with van der Waals surface area (Å²) in [6.45, 7) is 4.56. The number of imidazole rings is 1. The Morgan fingerprint density at radius 3 is 2.70 bits per heavy atom. The molecular formula is C26H35N5O6. The molecule has 2 aromatic carbocycles. The number of rotatable bonds is 12. The molecule has 1 aliphatic rings. The highest BCUT2D eigenvalue weighted by Gasteiger charge is 2.44. The van der Waals surface area contributed by atoms with Gasteiger partial charge in [0.05, 0.1) is 29.8 Å². The monoisotopic (exact) mass is 513 g/mol. The van der Waals surface area contributed by atoms with Crippen LogP contribution in [-0.4, -0.2) is 74.4 Å². The van der Waals surface area contributed by atoms with Crippen LogP contribution in [-0.2, 0) is 16.1 Å². The maximum absolute atomic E-state index is 11.4. The summed E-state index contributed by atoms with van der Waals surface area (Å²) in [4.78, 5) is 16.0. The molecular weight excluding hydrogens is 478 g/mol. The third-order valence-electron chi connectivity index (χ3n) is 6.49. The summed E-state index contributed by atoms with van der Waals surface area (Å²) in [5, 5.41) is 36.8. The molecule has 1 saturated heterocycles. The number of primary amides is 1. The quantitative estimate of drug-likeness (QED) is 0.193. The van der Waals surface area contributed by atoms with E-state index in [4.69, 9.17) is 15.2 Å². The fourth-order valence-corrected chi connectivity index (χ4v) is 4.20. The Hall–Kier alpha value is -3.22. The van der Waals surface area contributed by atoms with Crippen molar-refractivity contribution < 1.29 is 29.6 Å². The van der Waals surface area contributed by atoms with E-state index in [0.29, 0.717) is 43.3 Å². The lowest BCUT2D eigenvalue weighted by Crippen LogP contribution is -2.51. The van der Waals surface area contributed by atoms with Crippen molar-refractivity contribution in [1.82, 2.24) is 14.9 Å². The zero-order valence-corrected chi connectivity index (χ0v) is 21.0. The average Bonchev–Trinajstić information content (AvgIpc) is 3.38. The Labute approximate surface area is 215 Å². The number of nitrogens with one attached hydrogen (secondary N) is 2. The predicted octanol–water partition coefficient (Wildman–Crippen LogP) is 0.882. The van der Waals surface area contributed by atoms with Crippen LogP contribution in [0.3, 0.4) is 0 Å². The Bertz CT molecular complexity index is 1220. The lowest BCUT2D eigenvalue weighted by molar-refractivity contribution is -0.123. The van der Waals surface area contributed by atoms with Crippen LogP contribution in [0.25, 0.3) is 11.0 Å². The zero-order chi connectivity index (χ0) is 26.6. The number of carbonyl (C=O) groups is 1. The fraction of sp³-hybridized carbons (Fsp3) is 0.462. The van der Waals surface area contributed by atoms with E-state index in [9.17, 15) is 20.1 Å². The van der Waals surface area contributed by atoms with Crippen molar-refractivity contribution in [3.63, 3.8) is 0 Å². The molecule has 0 unspecified atom stereocenters. The number of nitrogens with zero attached hydrogens (tertiary/aromatic N) is 2. The number of aliphatic hydroxyl groups is 3. The average molecular weight is 514 g/mol. The molecule has 4 rings (SSSR count). The number of benzene rings is 2. The molecule has 0 saturated carbocycles. The van der Waals surface area contributed by atoms with E-state index in [-0.39, 0.29) is 0 Å². The summed E-state index contributed by atoms with van der Waals surface area (Å²) in [7, 11) is 0. The highest BCUT2D eigenvalue weighted by Crippen LogP contribution is 2.35. The summed E-state index contributed by atoms with van der Waals surface area (Å²) in [6, 6.07) is 15.1. The van der Waals surface area contributed by atoms with Crippen LogP contribution in [0, 0.1) is 0 Å². The van der Waals surface area contributed by atoms with Gasteiger partial charge in [-0.05, 0) is 56.6 Å². The van der Waals surface area contributed by atoms with Crippen LogP contribution in [0.5, 0.6) is 5.75 Å².